The van der Waals surface area contributed by atoms with E-state index in [1.807, 2.05) is 25.1 Å². The standard InChI is InChI=1S/C25H33FN4O2S/c1-3-15-32-16-12-27-24(31)21-9-8-18(2)29-23(21)19-10-13-30(14-11-19)25(33)28-17-20-6-4-5-7-22(20)26/h4-9,19H,3,10-17H2,1-2H3,(H,27,31)(H,28,33). The number of ether oxygens (including phenoxy) is 1. The van der Waals surface area contributed by atoms with E-state index in [1.165, 1.54) is 6.07 Å². The van der Waals surface area contributed by atoms with E-state index in [0.717, 1.165) is 43.7 Å². The molecule has 33 heavy (non-hydrogen) atoms. The number of halogens is 1. The van der Waals surface area contributed by atoms with Gasteiger partial charge in [0.2, 0.25) is 0 Å². The summed E-state index contributed by atoms with van der Waals surface area (Å²) in [6, 6.07) is 10.4. The zero-order valence-corrected chi connectivity index (χ0v) is 20.2. The van der Waals surface area contributed by atoms with Gasteiger partial charge in [-0.25, -0.2) is 4.39 Å². The molecule has 1 saturated heterocycles. The number of aromatic nitrogens is 1. The van der Waals surface area contributed by atoms with E-state index < -0.39 is 0 Å². The minimum atomic E-state index is -0.236. The summed E-state index contributed by atoms with van der Waals surface area (Å²) in [7, 11) is 0. The number of hydrogen-bond acceptors (Lipinski definition) is 4. The van der Waals surface area contributed by atoms with Crippen molar-refractivity contribution in [1.82, 2.24) is 20.5 Å². The molecule has 1 aliphatic rings. The number of aryl methyl sites for hydroxylation is 1. The minimum absolute atomic E-state index is 0.109. The molecule has 0 atom stereocenters. The van der Waals surface area contributed by atoms with Gasteiger partial charge < -0.3 is 20.3 Å². The molecule has 8 heteroatoms. The van der Waals surface area contributed by atoms with Gasteiger partial charge in [0.25, 0.3) is 5.91 Å². The predicted molar refractivity (Wildman–Crippen MR) is 132 cm³/mol. The lowest BCUT2D eigenvalue weighted by molar-refractivity contribution is 0.0913. The number of nitrogens with one attached hydrogen (secondary N) is 2. The maximum atomic E-state index is 13.8. The van der Waals surface area contributed by atoms with Crippen molar-refractivity contribution >= 4 is 23.2 Å². The first-order chi connectivity index (χ1) is 16.0. The third kappa shape index (κ3) is 7.20. The van der Waals surface area contributed by atoms with Crippen molar-refractivity contribution in [3.63, 3.8) is 0 Å². The molecule has 1 amide bonds. The molecule has 0 saturated carbocycles. The van der Waals surface area contributed by atoms with Crippen molar-refractivity contribution in [3.05, 3.63) is 64.7 Å². The summed E-state index contributed by atoms with van der Waals surface area (Å²) in [5.41, 5.74) is 2.98. The molecule has 1 aromatic carbocycles. The van der Waals surface area contributed by atoms with Crippen LogP contribution in [0.2, 0.25) is 0 Å². The number of carbonyl (C=O) groups is 1. The van der Waals surface area contributed by atoms with E-state index in [0.29, 0.717) is 42.5 Å². The van der Waals surface area contributed by atoms with Crippen LogP contribution in [-0.4, -0.2) is 53.8 Å². The van der Waals surface area contributed by atoms with Gasteiger partial charge in [-0.1, -0.05) is 25.1 Å². The normalized spacial score (nSPS) is 14.2. The molecule has 0 radical (unpaired) electrons. The molecule has 2 heterocycles. The van der Waals surface area contributed by atoms with Gasteiger partial charge in [0.1, 0.15) is 5.82 Å². The Labute approximate surface area is 200 Å². The summed E-state index contributed by atoms with van der Waals surface area (Å²) < 4.78 is 19.3. The first-order valence-corrected chi connectivity index (χ1v) is 12.0. The molecular formula is C25H33FN4O2S. The average Bonchev–Trinajstić information content (AvgIpc) is 2.83. The number of carbonyl (C=O) groups excluding carboxylic acids is 1. The molecule has 1 fully saturated rings. The van der Waals surface area contributed by atoms with Gasteiger partial charge in [-0.2, -0.15) is 0 Å². The maximum absolute atomic E-state index is 13.8. The highest BCUT2D eigenvalue weighted by atomic mass is 32.1. The molecule has 2 aromatic rings. The van der Waals surface area contributed by atoms with E-state index in [4.69, 9.17) is 21.9 Å². The third-order valence-corrected chi connectivity index (χ3v) is 6.15. The summed E-state index contributed by atoms with van der Waals surface area (Å²) >= 11 is 5.54. The molecule has 1 aromatic heterocycles. The van der Waals surface area contributed by atoms with Crippen LogP contribution in [0.1, 0.15) is 59.4 Å². The van der Waals surface area contributed by atoms with Crippen molar-refractivity contribution in [2.75, 3.05) is 32.8 Å². The van der Waals surface area contributed by atoms with E-state index >= 15 is 0 Å². The average molecular weight is 473 g/mol. The van der Waals surface area contributed by atoms with Gasteiger partial charge in [-0.15, -0.1) is 0 Å². The van der Waals surface area contributed by atoms with Crippen molar-refractivity contribution in [2.24, 2.45) is 0 Å². The lowest BCUT2D eigenvalue weighted by Gasteiger charge is -2.34. The molecule has 3 rings (SSSR count). The smallest absolute Gasteiger partial charge is 0.253 e. The van der Waals surface area contributed by atoms with Crippen LogP contribution in [0.25, 0.3) is 0 Å². The van der Waals surface area contributed by atoms with Gasteiger partial charge in [0.05, 0.1) is 17.9 Å². The van der Waals surface area contributed by atoms with Crippen LogP contribution in [-0.2, 0) is 11.3 Å². The summed E-state index contributed by atoms with van der Waals surface area (Å²) in [5, 5.41) is 6.74. The Bertz CT molecular complexity index is 948. The number of rotatable bonds is 9. The van der Waals surface area contributed by atoms with Crippen molar-refractivity contribution in [1.29, 1.82) is 0 Å². The highest BCUT2D eigenvalue weighted by molar-refractivity contribution is 7.80. The van der Waals surface area contributed by atoms with Crippen LogP contribution in [0.3, 0.4) is 0 Å². The first-order valence-electron chi connectivity index (χ1n) is 11.6. The van der Waals surface area contributed by atoms with Gasteiger partial charge in [0, 0.05) is 50.0 Å². The zero-order chi connectivity index (χ0) is 23.6. The summed E-state index contributed by atoms with van der Waals surface area (Å²) in [6.45, 7) is 7.56. The fraction of sp³-hybridized carbons (Fsp3) is 0.480. The van der Waals surface area contributed by atoms with Crippen LogP contribution in [0.4, 0.5) is 4.39 Å². The van der Waals surface area contributed by atoms with Crippen molar-refractivity contribution in [3.8, 4) is 0 Å². The monoisotopic (exact) mass is 472 g/mol. The molecule has 0 spiro atoms. The van der Waals surface area contributed by atoms with Gasteiger partial charge in [0.15, 0.2) is 5.11 Å². The number of nitrogens with zero attached hydrogens (tertiary/aromatic N) is 2. The van der Waals surface area contributed by atoms with Crippen LogP contribution in [0.5, 0.6) is 0 Å². The summed E-state index contributed by atoms with van der Waals surface area (Å²) in [5.74, 6) is -0.158. The Morgan fingerprint density at radius 3 is 2.67 bits per heavy atom. The van der Waals surface area contributed by atoms with Crippen LogP contribution < -0.4 is 10.6 Å². The Hall–Kier alpha value is -2.58. The van der Waals surface area contributed by atoms with Gasteiger partial charge >= 0.3 is 0 Å². The Kier molecular flexibility index (Phi) is 9.57. The fourth-order valence-electron chi connectivity index (χ4n) is 3.94. The quantitative estimate of drug-likeness (QED) is 0.426. The first kappa shape index (κ1) is 25.1. The SMILES string of the molecule is CCCOCCNC(=O)c1ccc(C)nc1C1CCN(C(=S)NCc2ccccc2F)CC1. The molecule has 2 N–H and O–H groups in total. The van der Waals surface area contributed by atoms with Crippen LogP contribution in [0.15, 0.2) is 36.4 Å². The topological polar surface area (TPSA) is 66.5 Å². The predicted octanol–water partition coefficient (Wildman–Crippen LogP) is 3.94. The molecular weight excluding hydrogens is 439 g/mol. The van der Waals surface area contributed by atoms with Crippen molar-refractivity contribution in [2.45, 2.75) is 45.6 Å². The number of piperidine rings is 1. The van der Waals surface area contributed by atoms with E-state index in [2.05, 4.69) is 22.5 Å². The lowest BCUT2D eigenvalue weighted by atomic mass is 9.90. The maximum Gasteiger partial charge on any atom is 0.253 e. The van der Waals surface area contributed by atoms with E-state index in [9.17, 15) is 9.18 Å². The molecule has 0 aliphatic carbocycles. The van der Waals surface area contributed by atoms with E-state index in [1.54, 1.807) is 12.1 Å². The Morgan fingerprint density at radius 1 is 1.18 bits per heavy atom. The van der Waals surface area contributed by atoms with Crippen LogP contribution >= 0.6 is 12.2 Å². The summed E-state index contributed by atoms with van der Waals surface area (Å²) in [6.07, 6.45) is 2.65. The number of likely N-dealkylation sites (tertiary alicyclic amines) is 1. The second-order valence-corrected chi connectivity index (χ2v) is 8.65. The van der Waals surface area contributed by atoms with Crippen LogP contribution in [0, 0.1) is 12.7 Å². The minimum Gasteiger partial charge on any atom is -0.380 e. The molecule has 1 aliphatic heterocycles. The number of pyridine rings is 1. The van der Waals surface area contributed by atoms with Gasteiger partial charge in [-0.05, 0) is 56.6 Å². The van der Waals surface area contributed by atoms with E-state index in [-0.39, 0.29) is 17.6 Å². The Balaban J connectivity index is 1.55. The zero-order valence-electron chi connectivity index (χ0n) is 19.4. The summed E-state index contributed by atoms with van der Waals surface area (Å²) in [4.78, 5) is 19.6. The molecule has 6 nitrogen and oxygen atoms in total. The number of benzene rings is 1. The second kappa shape index (κ2) is 12.6. The highest BCUT2D eigenvalue weighted by Gasteiger charge is 2.27. The molecule has 178 valence electrons. The Morgan fingerprint density at radius 2 is 1.94 bits per heavy atom. The second-order valence-electron chi connectivity index (χ2n) is 8.27. The number of amides is 1. The number of thiocarbonyl (C=S) groups is 1. The van der Waals surface area contributed by atoms with Crippen molar-refractivity contribution < 1.29 is 13.9 Å². The molecule has 0 bridgehead atoms. The highest BCUT2D eigenvalue weighted by Crippen LogP contribution is 2.29. The third-order valence-electron chi connectivity index (χ3n) is 5.75. The van der Waals surface area contributed by atoms with Gasteiger partial charge in [-0.3, -0.25) is 9.78 Å². The fourth-order valence-corrected chi connectivity index (χ4v) is 4.19. The molecule has 0 unspecified atom stereocenters. The lowest BCUT2D eigenvalue weighted by Crippen LogP contribution is -2.44. The number of hydrogen-bond donors (Lipinski definition) is 2. The largest absolute Gasteiger partial charge is 0.380 e.